The minimum absolute atomic E-state index is 0.0199. The highest BCUT2D eigenvalue weighted by Crippen LogP contribution is 2.41. The predicted molar refractivity (Wildman–Crippen MR) is 131 cm³/mol. The Bertz CT molecular complexity index is 1290. The second kappa shape index (κ2) is 10.6. The Balaban J connectivity index is 2.23. The third-order valence-corrected chi connectivity index (χ3v) is 5.66. The topological polar surface area (TPSA) is 121 Å². The van der Waals surface area contributed by atoms with Gasteiger partial charge < -0.3 is 19.3 Å². The summed E-state index contributed by atoms with van der Waals surface area (Å²) in [7, 11) is 4.57. The lowest BCUT2D eigenvalue weighted by Gasteiger charge is -2.14. The first-order valence-corrected chi connectivity index (χ1v) is 11.2. The summed E-state index contributed by atoms with van der Waals surface area (Å²) in [5.74, 6) is 0.834. The quantitative estimate of drug-likeness (QED) is 0.268. The van der Waals surface area contributed by atoms with Gasteiger partial charge in [-0.3, -0.25) is 15.1 Å². The fourth-order valence-corrected chi connectivity index (χ4v) is 4.30. The molecule has 0 bridgehead atoms. The number of aromatic hydroxyl groups is 1. The van der Waals surface area contributed by atoms with Crippen LogP contribution in [0.25, 0.3) is 11.3 Å². The molecule has 0 saturated carbocycles. The minimum Gasteiger partial charge on any atom is -0.502 e. The van der Waals surface area contributed by atoms with Crippen LogP contribution in [-0.4, -0.2) is 48.3 Å². The lowest BCUT2D eigenvalue weighted by molar-refractivity contribution is -0.385. The average molecular weight is 507 g/mol. The molecule has 0 aliphatic carbocycles. The smallest absolute Gasteiger partial charge is 0.312 e. The molecule has 34 heavy (non-hydrogen) atoms. The lowest BCUT2D eigenvalue weighted by atomic mass is 10.1. The van der Waals surface area contributed by atoms with Gasteiger partial charge in [0.05, 0.1) is 38.2 Å². The van der Waals surface area contributed by atoms with Gasteiger partial charge in [0.25, 0.3) is 0 Å². The van der Waals surface area contributed by atoms with Gasteiger partial charge >= 0.3 is 5.69 Å². The Kier molecular flexibility index (Phi) is 7.79. The Hall–Kier alpha value is -3.57. The Labute approximate surface area is 204 Å². The zero-order valence-electron chi connectivity index (χ0n) is 19.1. The van der Waals surface area contributed by atoms with Gasteiger partial charge in [0.1, 0.15) is 0 Å². The van der Waals surface area contributed by atoms with E-state index in [0.717, 1.165) is 6.07 Å². The highest BCUT2D eigenvalue weighted by atomic mass is 35.5. The van der Waals surface area contributed by atoms with Crippen molar-refractivity contribution < 1.29 is 24.2 Å². The molecule has 0 amide bonds. The number of nitro benzene ring substituents is 1. The van der Waals surface area contributed by atoms with E-state index in [0.29, 0.717) is 33.3 Å². The molecular weight excluding hydrogens is 484 g/mol. The van der Waals surface area contributed by atoms with Crippen LogP contribution in [0.2, 0.25) is 5.02 Å². The molecule has 1 aromatic heterocycles. The minimum atomic E-state index is -0.711. The molecule has 0 radical (unpaired) electrons. The summed E-state index contributed by atoms with van der Waals surface area (Å²) in [4.78, 5) is 15.7. The van der Waals surface area contributed by atoms with E-state index >= 15 is 0 Å². The Morgan fingerprint density at radius 3 is 2.32 bits per heavy atom. The molecule has 0 spiro atoms. The van der Waals surface area contributed by atoms with E-state index in [2.05, 4.69) is 10.1 Å². The van der Waals surface area contributed by atoms with Crippen molar-refractivity contribution in [2.45, 2.75) is 19.9 Å². The molecule has 3 aromatic rings. The maximum absolute atomic E-state index is 11.2. The van der Waals surface area contributed by atoms with Crippen molar-refractivity contribution in [1.29, 1.82) is 0 Å². The van der Waals surface area contributed by atoms with Gasteiger partial charge in [-0.2, -0.15) is 5.10 Å². The number of methoxy groups -OCH3 is 3. The number of phenolic OH excluding ortho intramolecular Hbond substituents is 1. The van der Waals surface area contributed by atoms with Crippen molar-refractivity contribution in [2.75, 3.05) is 21.3 Å². The second-order valence-corrected chi connectivity index (χ2v) is 8.49. The molecule has 1 N–H and O–H groups in total. The lowest BCUT2D eigenvalue weighted by Crippen LogP contribution is -2.14. The summed E-state index contributed by atoms with van der Waals surface area (Å²) >= 11 is 7.37. The summed E-state index contributed by atoms with van der Waals surface area (Å²) in [5, 5.41) is 28.0. The van der Waals surface area contributed by atoms with Gasteiger partial charge in [-0.05, 0) is 32.0 Å². The summed E-state index contributed by atoms with van der Waals surface area (Å²) in [6.45, 7) is 3.86. The highest BCUT2D eigenvalue weighted by molar-refractivity contribution is 7.07. The van der Waals surface area contributed by atoms with Crippen LogP contribution in [0.15, 0.2) is 39.7 Å². The molecule has 10 nitrogen and oxygen atoms in total. The summed E-state index contributed by atoms with van der Waals surface area (Å²) < 4.78 is 17.9. The number of nitro groups is 1. The fraction of sp³-hybridized carbons (Fsp3) is 0.273. The molecule has 12 heteroatoms. The highest BCUT2D eigenvalue weighted by Gasteiger charge is 2.19. The number of phenols is 1. The molecule has 3 rings (SSSR count). The maximum atomic E-state index is 11.2. The van der Waals surface area contributed by atoms with Crippen LogP contribution in [-0.2, 0) is 0 Å². The molecule has 1 heterocycles. The maximum Gasteiger partial charge on any atom is 0.312 e. The van der Waals surface area contributed by atoms with E-state index < -0.39 is 16.4 Å². The van der Waals surface area contributed by atoms with Crippen LogP contribution in [0, 0.1) is 10.1 Å². The van der Waals surface area contributed by atoms with E-state index in [1.807, 2.05) is 19.2 Å². The molecule has 0 fully saturated rings. The molecular formula is C22H23ClN4O6S. The first-order valence-electron chi connectivity index (χ1n) is 9.96. The van der Waals surface area contributed by atoms with E-state index in [9.17, 15) is 15.2 Å². The molecule has 0 saturated heterocycles. The van der Waals surface area contributed by atoms with Crippen molar-refractivity contribution in [3.05, 3.63) is 55.1 Å². The van der Waals surface area contributed by atoms with E-state index in [1.165, 1.54) is 44.9 Å². The first-order chi connectivity index (χ1) is 16.2. The van der Waals surface area contributed by atoms with Gasteiger partial charge in [-0.25, -0.2) is 4.68 Å². The number of hydrogen-bond donors (Lipinski definition) is 1. The number of hydrogen-bond acceptors (Lipinski definition) is 9. The van der Waals surface area contributed by atoms with Gasteiger partial charge in [0.2, 0.25) is 16.3 Å². The van der Waals surface area contributed by atoms with Crippen molar-refractivity contribution in [2.24, 2.45) is 10.1 Å². The van der Waals surface area contributed by atoms with E-state index in [4.69, 9.17) is 25.8 Å². The van der Waals surface area contributed by atoms with Crippen molar-refractivity contribution in [3.63, 3.8) is 0 Å². The van der Waals surface area contributed by atoms with Gasteiger partial charge in [0.15, 0.2) is 11.5 Å². The Morgan fingerprint density at radius 2 is 1.79 bits per heavy atom. The average Bonchev–Trinajstić information content (AvgIpc) is 3.19. The molecule has 0 atom stereocenters. The number of nitrogens with zero attached hydrogens (tertiary/aromatic N) is 4. The van der Waals surface area contributed by atoms with Crippen molar-refractivity contribution in [1.82, 2.24) is 4.68 Å². The van der Waals surface area contributed by atoms with Crippen molar-refractivity contribution >= 4 is 34.8 Å². The summed E-state index contributed by atoms with van der Waals surface area (Å²) in [6.07, 6.45) is 1.29. The largest absolute Gasteiger partial charge is 0.502 e. The third-order valence-electron chi connectivity index (χ3n) is 4.61. The normalized spacial score (nSPS) is 11.9. The van der Waals surface area contributed by atoms with Crippen LogP contribution >= 0.6 is 22.9 Å². The molecule has 0 unspecified atom stereocenters. The van der Waals surface area contributed by atoms with E-state index in [-0.39, 0.29) is 16.6 Å². The predicted octanol–water partition coefficient (Wildman–Crippen LogP) is 4.70. The zero-order chi connectivity index (χ0) is 25.0. The van der Waals surface area contributed by atoms with Crippen molar-refractivity contribution in [3.8, 4) is 34.3 Å². The molecule has 180 valence electrons. The summed E-state index contributed by atoms with van der Waals surface area (Å²) in [6, 6.07) is 5.99. The summed E-state index contributed by atoms with van der Waals surface area (Å²) in [5.41, 5.74) is 0.927. The monoisotopic (exact) mass is 506 g/mol. The van der Waals surface area contributed by atoms with Crippen LogP contribution < -0.4 is 19.0 Å². The SMILES string of the molecule is COc1cc(-c2csc(=NC(C)C)n2N=Cc2cc(Cl)cc([N+](=O)[O-])c2O)cc(OC)c1OC. The van der Waals surface area contributed by atoms with Crippen LogP contribution in [0.3, 0.4) is 0 Å². The van der Waals surface area contributed by atoms with E-state index in [1.54, 1.807) is 16.8 Å². The first kappa shape index (κ1) is 25.1. The molecule has 0 aliphatic heterocycles. The number of rotatable bonds is 8. The second-order valence-electron chi connectivity index (χ2n) is 7.22. The van der Waals surface area contributed by atoms with Gasteiger partial charge in [-0.1, -0.05) is 11.6 Å². The van der Waals surface area contributed by atoms with Crippen LogP contribution in [0.5, 0.6) is 23.0 Å². The number of thiazole rings is 1. The standard InChI is InChI=1S/C22H23ClN4O6S/c1-12(2)25-22-26(24-10-14-6-15(23)9-16(20(14)28)27(29)30)17(11-34-22)13-7-18(31-3)21(33-5)19(8-13)32-4/h6-12,28H,1-5H3. The number of ether oxygens (including phenoxy) is 3. The Morgan fingerprint density at radius 1 is 1.15 bits per heavy atom. The molecule has 0 aliphatic rings. The number of aromatic nitrogens is 1. The zero-order valence-corrected chi connectivity index (χ0v) is 20.7. The van der Waals surface area contributed by atoms with Crippen LogP contribution in [0.4, 0.5) is 5.69 Å². The molecule has 2 aromatic carbocycles. The van der Waals surface area contributed by atoms with Gasteiger partial charge in [0, 0.05) is 33.6 Å². The van der Waals surface area contributed by atoms with Crippen LogP contribution in [0.1, 0.15) is 19.4 Å². The fourth-order valence-electron chi connectivity index (χ4n) is 3.11. The third kappa shape index (κ3) is 5.15. The number of halogens is 1. The number of benzene rings is 2. The van der Waals surface area contributed by atoms with Gasteiger partial charge in [-0.15, -0.1) is 11.3 Å².